The van der Waals surface area contributed by atoms with Crippen LogP contribution in [0.15, 0.2) is 51.7 Å². The van der Waals surface area contributed by atoms with Crippen LogP contribution in [-0.4, -0.2) is 21.2 Å². The number of rotatable bonds is 6. The van der Waals surface area contributed by atoms with E-state index in [-0.39, 0.29) is 23.3 Å². The van der Waals surface area contributed by atoms with Gasteiger partial charge in [0.1, 0.15) is 0 Å². The lowest BCUT2D eigenvalue weighted by molar-refractivity contribution is -0.119. The van der Waals surface area contributed by atoms with Gasteiger partial charge < -0.3 is 5.32 Å². The molecular formula is C18H19N3O2S2. The molecule has 0 spiro atoms. The van der Waals surface area contributed by atoms with Crippen LogP contribution in [0.3, 0.4) is 0 Å². The Kier molecular flexibility index (Phi) is 5.55. The highest BCUT2D eigenvalue weighted by atomic mass is 32.2. The Labute approximate surface area is 154 Å². The van der Waals surface area contributed by atoms with Gasteiger partial charge in [-0.2, -0.15) is 0 Å². The van der Waals surface area contributed by atoms with Gasteiger partial charge in [0.25, 0.3) is 5.56 Å². The molecule has 1 N–H and O–H groups in total. The molecule has 1 aromatic carbocycles. The van der Waals surface area contributed by atoms with Gasteiger partial charge in [0, 0.05) is 11.4 Å². The molecule has 1 atom stereocenters. The van der Waals surface area contributed by atoms with E-state index in [4.69, 9.17) is 0 Å². The number of hydrogen-bond acceptors (Lipinski definition) is 5. The van der Waals surface area contributed by atoms with Crippen molar-refractivity contribution in [3.05, 3.63) is 57.0 Å². The molecule has 0 radical (unpaired) electrons. The smallest absolute Gasteiger partial charge is 0.262 e. The van der Waals surface area contributed by atoms with E-state index in [9.17, 15) is 9.59 Å². The summed E-state index contributed by atoms with van der Waals surface area (Å²) in [4.78, 5) is 30.5. The number of thioether (sulfide) groups is 1. The Hall–Kier alpha value is -2.12. The lowest BCUT2D eigenvalue weighted by atomic mass is 10.2. The zero-order valence-corrected chi connectivity index (χ0v) is 15.7. The van der Waals surface area contributed by atoms with Crippen molar-refractivity contribution in [1.29, 1.82) is 0 Å². The summed E-state index contributed by atoms with van der Waals surface area (Å²) in [5.74, 6) is 0.150. The average molecular weight is 374 g/mol. The van der Waals surface area contributed by atoms with Crippen molar-refractivity contribution in [1.82, 2.24) is 14.9 Å². The monoisotopic (exact) mass is 373 g/mol. The summed E-state index contributed by atoms with van der Waals surface area (Å²) < 4.78 is 1.61. The molecule has 3 aromatic rings. The third-order valence-electron chi connectivity index (χ3n) is 3.82. The molecule has 0 saturated carbocycles. The lowest BCUT2D eigenvalue weighted by Gasteiger charge is -2.13. The van der Waals surface area contributed by atoms with Crippen LogP contribution in [-0.2, 0) is 11.3 Å². The van der Waals surface area contributed by atoms with Crippen molar-refractivity contribution < 1.29 is 4.79 Å². The van der Waals surface area contributed by atoms with Crippen LogP contribution in [0.2, 0.25) is 0 Å². The first-order valence-corrected chi connectivity index (χ1v) is 9.91. The van der Waals surface area contributed by atoms with Crippen LogP contribution < -0.4 is 10.9 Å². The molecule has 0 aliphatic rings. The highest BCUT2D eigenvalue weighted by Gasteiger charge is 2.14. The predicted molar refractivity (Wildman–Crippen MR) is 103 cm³/mol. The van der Waals surface area contributed by atoms with E-state index >= 15 is 0 Å². The van der Waals surface area contributed by atoms with Gasteiger partial charge in [0.05, 0.1) is 22.7 Å². The van der Waals surface area contributed by atoms with Gasteiger partial charge in [-0.1, -0.05) is 30.0 Å². The third-order valence-corrected chi connectivity index (χ3v) is 5.85. The Morgan fingerprint density at radius 1 is 1.32 bits per heavy atom. The Morgan fingerprint density at radius 2 is 2.12 bits per heavy atom. The van der Waals surface area contributed by atoms with Gasteiger partial charge in [-0.25, -0.2) is 4.98 Å². The number of amides is 1. The summed E-state index contributed by atoms with van der Waals surface area (Å²) in [6.07, 6.45) is 0. The van der Waals surface area contributed by atoms with Gasteiger partial charge in [-0.05, 0) is 37.4 Å². The molecule has 25 heavy (non-hydrogen) atoms. The lowest BCUT2D eigenvalue weighted by Crippen LogP contribution is -2.28. The number of benzene rings is 1. The minimum absolute atomic E-state index is 0.0222. The molecule has 7 heteroatoms. The third kappa shape index (κ3) is 3.93. The molecule has 0 aliphatic carbocycles. The maximum Gasteiger partial charge on any atom is 0.262 e. The fourth-order valence-corrected chi connectivity index (χ4v) is 4.17. The molecule has 5 nitrogen and oxygen atoms in total. The van der Waals surface area contributed by atoms with Crippen molar-refractivity contribution in [3.63, 3.8) is 0 Å². The van der Waals surface area contributed by atoms with Crippen molar-refractivity contribution in [3.8, 4) is 0 Å². The van der Waals surface area contributed by atoms with E-state index in [0.29, 0.717) is 22.6 Å². The first-order valence-electron chi connectivity index (χ1n) is 8.05. The molecule has 0 aliphatic heterocycles. The van der Waals surface area contributed by atoms with Crippen molar-refractivity contribution in [2.75, 3.05) is 5.75 Å². The van der Waals surface area contributed by atoms with E-state index in [0.717, 1.165) is 4.88 Å². The first-order chi connectivity index (χ1) is 12.1. The number of fused-ring (bicyclic) bond motifs is 1. The highest BCUT2D eigenvalue weighted by Crippen LogP contribution is 2.20. The molecular weight excluding hydrogens is 354 g/mol. The summed E-state index contributed by atoms with van der Waals surface area (Å²) in [6, 6.07) is 11.2. The Balaban J connectivity index is 1.74. The van der Waals surface area contributed by atoms with Gasteiger partial charge in [0.2, 0.25) is 5.91 Å². The number of nitrogens with one attached hydrogen (secondary N) is 1. The highest BCUT2D eigenvalue weighted by molar-refractivity contribution is 7.99. The van der Waals surface area contributed by atoms with Crippen molar-refractivity contribution in [2.24, 2.45) is 0 Å². The molecule has 0 unspecified atom stereocenters. The molecule has 2 heterocycles. The van der Waals surface area contributed by atoms with E-state index in [2.05, 4.69) is 10.3 Å². The van der Waals surface area contributed by atoms with Crippen LogP contribution in [0, 0.1) is 0 Å². The topological polar surface area (TPSA) is 64.0 Å². The van der Waals surface area contributed by atoms with Crippen molar-refractivity contribution in [2.45, 2.75) is 31.6 Å². The molecule has 130 valence electrons. The molecule has 0 fully saturated rings. The van der Waals surface area contributed by atoms with Gasteiger partial charge in [-0.15, -0.1) is 11.3 Å². The quantitative estimate of drug-likeness (QED) is 0.531. The normalized spacial score (nSPS) is 12.2. The number of para-hydroxylation sites is 1. The summed E-state index contributed by atoms with van der Waals surface area (Å²) in [6.45, 7) is 4.39. The summed E-state index contributed by atoms with van der Waals surface area (Å²) in [5, 5.41) is 6.14. The fourth-order valence-electron chi connectivity index (χ4n) is 2.56. The van der Waals surface area contributed by atoms with E-state index in [1.165, 1.54) is 11.8 Å². The van der Waals surface area contributed by atoms with Crippen LogP contribution in [0.5, 0.6) is 0 Å². The first kappa shape index (κ1) is 17.7. The minimum atomic E-state index is -0.0732. The number of carbonyl (C=O) groups is 1. The maximum atomic E-state index is 12.6. The van der Waals surface area contributed by atoms with E-state index in [1.807, 2.05) is 49.6 Å². The molecule has 0 saturated heterocycles. The van der Waals surface area contributed by atoms with Gasteiger partial charge >= 0.3 is 0 Å². The van der Waals surface area contributed by atoms with Gasteiger partial charge in [0.15, 0.2) is 5.16 Å². The largest absolute Gasteiger partial charge is 0.348 e. The second kappa shape index (κ2) is 7.84. The number of hydrogen-bond donors (Lipinski definition) is 1. The predicted octanol–water partition coefficient (Wildman–Crippen LogP) is 3.45. The maximum absolute atomic E-state index is 12.6. The number of aromatic nitrogens is 2. The molecule has 0 bridgehead atoms. The van der Waals surface area contributed by atoms with Crippen molar-refractivity contribution >= 4 is 39.9 Å². The SMILES string of the molecule is CCn1c(SCC(=O)N[C@H](C)c2cccs2)nc2ccccc2c1=O. The summed E-state index contributed by atoms with van der Waals surface area (Å²) in [5.41, 5.74) is 0.593. The van der Waals surface area contributed by atoms with E-state index < -0.39 is 0 Å². The molecule has 3 rings (SSSR count). The summed E-state index contributed by atoms with van der Waals surface area (Å²) >= 11 is 2.91. The molecule has 1 amide bonds. The van der Waals surface area contributed by atoms with Gasteiger partial charge in [-0.3, -0.25) is 14.2 Å². The summed E-state index contributed by atoms with van der Waals surface area (Å²) in [7, 11) is 0. The van der Waals surface area contributed by atoms with E-state index in [1.54, 1.807) is 22.0 Å². The Bertz CT molecular complexity index is 935. The Morgan fingerprint density at radius 3 is 2.84 bits per heavy atom. The fraction of sp³-hybridized carbons (Fsp3) is 0.278. The van der Waals surface area contributed by atoms with Crippen LogP contribution >= 0.6 is 23.1 Å². The van der Waals surface area contributed by atoms with Crippen LogP contribution in [0.4, 0.5) is 0 Å². The van der Waals surface area contributed by atoms with Crippen LogP contribution in [0.25, 0.3) is 10.9 Å². The number of carbonyl (C=O) groups excluding carboxylic acids is 1. The zero-order chi connectivity index (χ0) is 17.8. The minimum Gasteiger partial charge on any atom is -0.348 e. The zero-order valence-electron chi connectivity index (χ0n) is 14.1. The average Bonchev–Trinajstić information content (AvgIpc) is 3.15. The van der Waals surface area contributed by atoms with Crippen LogP contribution in [0.1, 0.15) is 24.8 Å². The standard InChI is InChI=1S/C18H19N3O2S2/c1-3-21-17(23)13-7-4-5-8-14(13)20-18(21)25-11-16(22)19-12(2)15-9-6-10-24-15/h4-10,12H,3,11H2,1-2H3,(H,19,22)/t12-/m1/s1. The number of thiophene rings is 1. The molecule has 2 aromatic heterocycles. The number of nitrogens with zero attached hydrogens (tertiary/aromatic N) is 2. The second-order valence-corrected chi connectivity index (χ2v) is 7.48. The second-order valence-electron chi connectivity index (χ2n) is 5.55.